The summed E-state index contributed by atoms with van der Waals surface area (Å²) in [6, 6.07) is 2.22. The number of likely N-dealkylation sites (tertiary alicyclic amines) is 1. The van der Waals surface area contributed by atoms with Gasteiger partial charge < -0.3 is 15.7 Å². The maximum atomic E-state index is 13.0. The van der Waals surface area contributed by atoms with Crippen LogP contribution in [0, 0.1) is 0 Å². The first-order valence-electron chi connectivity index (χ1n) is 5.86. The summed E-state index contributed by atoms with van der Waals surface area (Å²) in [5.74, 6) is -0.425. The largest absolute Gasteiger partial charge is 0.386 e. The van der Waals surface area contributed by atoms with Crippen molar-refractivity contribution in [3.8, 4) is 0 Å². The summed E-state index contributed by atoms with van der Waals surface area (Å²) in [7, 11) is 0. The zero-order chi connectivity index (χ0) is 13.1. The van der Waals surface area contributed by atoms with E-state index in [2.05, 4.69) is 4.98 Å². The Labute approximate surface area is 104 Å². The number of carbonyl (C=O) groups excluding carboxylic acids is 1. The molecule has 1 aliphatic rings. The molecule has 0 radical (unpaired) electrons. The molecule has 1 aromatic heterocycles. The molecule has 0 aromatic carbocycles. The van der Waals surface area contributed by atoms with Gasteiger partial charge in [0.2, 0.25) is 5.91 Å². The summed E-state index contributed by atoms with van der Waals surface area (Å²) >= 11 is 0. The Hall–Kier alpha value is -1.53. The number of alkyl halides is 1. The van der Waals surface area contributed by atoms with Crippen LogP contribution in [0.2, 0.25) is 0 Å². The van der Waals surface area contributed by atoms with Gasteiger partial charge in [0, 0.05) is 24.5 Å². The van der Waals surface area contributed by atoms with Crippen LogP contribution in [0.4, 0.5) is 4.39 Å². The van der Waals surface area contributed by atoms with Crippen LogP contribution in [0.3, 0.4) is 0 Å². The van der Waals surface area contributed by atoms with Gasteiger partial charge >= 0.3 is 0 Å². The van der Waals surface area contributed by atoms with E-state index in [0.717, 1.165) is 0 Å². The normalized spacial score (nSPS) is 22.8. The average molecular weight is 253 g/mol. The second kappa shape index (κ2) is 5.41. The Morgan fingerprint density at radius 2 is 2.44 bits per heavy atom. The first kappa shape index (κ1) is 12.9. The molecule has 0 unspecified atom stereocenters. The summed E-state index contributed by atoms with van der Waals surface area (Å²) in [5.41, 5.74) is 6.21. The number of halogens is 1. The summed E-state index contributed by atoms with van der Waals surface area (Å²) in [6.45, 7) is 0.416. The van der Waals surface area contributed by atoms with Gasteiger partial charge in [-0.15, -0.1) is 0 Å². The molecule has 1 aliphatic heterocycles. The highest BCUT2D eigenvalue weighted by molar-refractivity contribution is 5.82. The highest BCUT2D eigenvalue weighted by Crippen LogP contribution is 2.19. The van der Waals surface area contributed by atoms with Crippen molar-refractivity contribution in [2.24, 2.45) is 5.73 Å². The fourth-order valence-corrected chi connectivity index (χ4v) is 2.02. The molecule has 98 valence electrons. The third kappa shape index (κ3) is 2.65. The fourth-order valence-electron chi connectivity index (χ4n) is 2.02. The molecular weight excluding hydrogens is 237 g/mol. The zero-order valence-corrected chi connectivity index (χ0v) is 9.87. The molecule has 3 N–H and O–H groups in total. The highest BCUT2D eigenvalue weighted by Gasteiger charge is 2.32. The van der Waals surface area contributed by atoms with Gasteiger partial charge in [0.05, 0.1) is 6.54 Å². The van der Waals surface area contributed by atoms with Crippen molar-refractivity contribution >= 4 is 5.91 Å². The topological polar surface area (TPSA) is 79.5 Å². The van der Waals surface area contributed by atoms with Gasteiger partial charge in [-0.3, -0.25) is 9.78 Å². The SMILES string of the molecule is N[C@@H](C(=O)N1CC[C@H](F)C1)[C@@H](O)c1cccnc1. The van der Waals surface area contributed by atoms with Crippen molar-refractivity contribution in [3.05, 3.63) is 30.1 Å². The molecule has 6 heteroatoms. The minimum Gasteiger partial charge on any atom is -0.386 e. The highest BCUT2D eigenvalue weighted by atomic mass is 19.1. The van der Waals surface area contributed by atoms with Gasteiger partial charge in [-0.2, -0.15) is 0 Å². The Morgan fingerprint density at radius 1 is 1.67 bits per heavy atom. The van der Waals surface area contributed by atoms with Gasteiger partial charge in [-0.25, -0.2) is 4.39 Å². The van der Waals surface area contributed by atoms with Gasteiger partial charge in [-0.1, -0.05) is 6.07 Å². The number of carbonyl (C=O) groups is 1. The van der Waals surface area contributed by atoms with E-state index >= 15 is 0 Å². The third-order valence-electron chi connectivity index (χ3n) is 3.09. The number of nitrogens with two attached hydrogens (primary N) is 1. The molecule has 5 nitrogen and oxygen atoms in total. The van der Waals surface area contributed by atoms with Crippen LogP contribution in [-0.4, -0.2) is 46.2 Å². The maximum absolute atomic E-state index is 13.0. The van der Waals surface area contributed by atoms with Crippen molar-refractivity contribution in [2.45, 2.75) is 24.7 Å². The molecule has 1 saturated heterocycles. The first-order valence-corrected chi connectivity index (χ1v) is 5.86. The number of rotatable bonds is 3. The lowest BCUT2D eigenvalue weighted by Gasteiger charge is -2.23. The molecule has 2 heterocycles. The van der Waals surface area contributed by atoms with Crippen LogP contribution < -0.4 is 5.73 Å². The second-order valence-corrected chi connectivity index (χ2v) is 4.43. The minimum absolute atomic E-state index is 0.0618. The van der Waals surface area contributed by atoms with Gasteiger partial charge in [-0.05, 0) is 12.5 Å². The molecule has 1 fully saturated rings. The number of hydrogen-bond acceptors (Lipinski definition) is 4. The van der Waals surface area contributed by atoms with E-state index in [1.807, 2.05) is 0 Å². The van der Waals surface area contributed by atoms with Crippen LogP contribution in [0.15, 0.2) is 24.5 Å². The van der Waals surface area contributed by atoms with Crippen molar-refractivity contribution in [1.29, 1.82) is 0 Å². The fraction of sp³-hybridized carbons (Fsp3) is 0.500. The lowest BCUT2D eigenvalue weighted by molar-refractivity contribution is -0.134. The Morgan fingerprint density at radius 3 is 3.00 bits per heavy atom. The van der Waals surface area contributed by atoms with Crippen LogP contribution in [-0.2, 0) is 4.79 Å². The molecule has 3 atom stereocenters. The van der Waals surface area contributed by atoms with E-state index in [-0.39, 0.29) is 6.54 Å². The number of nitrogens with zero attached hydrogens (tertiary/aromatic N) is 2. The van der Waals surface area contributed by atoms with E-state index in [1.165, 1.54) is 11.1 Å². The Kier molecular flexibility index (Phi) is 3.88. The van der Waals surface area contributed by atoms with Crippen LogP contribution >= 0.6 is 0 Å². The lowest BCUT2D eigenvalue weighted by atomic mass is 10.0. The smallest absolute Gasteiger partial charge is 0.242 e. The van der Waals surface area contributed by atoms with Crippen molar-refractivity contribution in [3.63, 3.8) is 0 Å². The predicted molar refractivity (Wildman–Crippen MR) is 63.3 cm³/mol. The molecule has 1 aromatic rings. The molecule has 0 spiro atoms. The van der Waals surface area contributed by atoms with E-state index < -0.39 is 24.2 Å². The molecular formula is C12H16FN3O2. The van der Waals surface area contributed by atoms with Crippen molar-refractivity contribution in [2.75, 3.05) is 13.1 Å². The third-order valence-corrected chi connectivity index (χ3v) is 3.09. The molecule has 18 heavy (non-hydrogen) atoms. The Bertz CT molecular complexity index is 415. The van der Waals surface area contributed by atoms with Crippen LogP contribution in [0.5, 0.6) is 0 Å². The summed E-state index contributed by atoms with van der Waals surface area (Å²) in [6.07, 6.45) is 1.25. The summed E-state index contributed by atoms with van der Waals surface area (Å²) < 4.78 is 13.0. The Balaban J connectivity index is 2.02. The maximum Gasteiger partial charge on any atom is 0.242 e. The van der Waals surface area contributed by atoms with E-state index in [0.29, 0.717) is 18.5 Å². The van der Waals surface area contributed by atoms with E-state index in [9.17, 15) is 14.3 Å². The standard InChI is InChI=1S/C12H16FN3O2/c13-9-3-5-16(7-9)12(18)10(14)11(17)8-2-1-4-15-6-8/h1-2,4,6,9-11,17H,3,5,7,14H2/t9-,10+,11-/m0/s1. The minimum atomic E-state index is -1.12. The number of aliphatic hydroxyl groups excluding tert-OH is 1. The summed E-state index contributed by atoms with van der Waals surface area (Å²) in [5, 5.41) is 9.98. The van der Waals surface area contributed by atoms with Gasteiger partial charge in [0.15, 0.2) is 0 Å². The number of pyridine rings is 1. The summed E-state index contributed by atoms with van der Waals surface area (Å²) in [4.78, 5) is 17.2. The lowest BCUT2D eigenvalue weighted by Crippen LogP contribution is -2.46. The zero-order valence-electron chi connectivity index (χ0n) is 9.87. The first-order chi connectivity index (χ1) is 8.59. The van der Waals surface area contributed by atoms with Crippen molar-refractivity contribution < 1.29 is 14.3 Å². The van der Waals surface area contributed by atoms with E-state index in [1.54, 1.807) is 18.3 Å². The number of amides is 1. The second-order valence-electron chi connectivity index (χ2n) is 4.43. The van der Waals surface area contributed by atoms with Crippen molar-refractivity contribution in [1.82, 2.24) is 9.88 Å². The number of aromatic nitrogens is 1. The van der Waals surface area contributed by atoms with Gasteiger partial charge in [0.25, 0.3) is 0 Å². The quantitative estimate of drug-likeness (QED) is 0.795. The van der Waals surface area contributed by atoms with Crippen LogP contribution in [0.25, 0.3) is 0 Å². The molecule has 0 aliphatic carbocycles. The van der Waals surface area contributed by atoms with Gasteiger partial charge in [0.1, 0.15) is 18.3 Å². The molecule has 2 rings (SSSR count). The average Bonchev–Trinajstić information content (AvgIpc) is 2.84. The van der Waals surface area contributed by atoms with E-state index in [4.69, 9.17) is 5.73 Å². The number of aliphatic hydroxyl groups is 1. The predicted octanol–water partition coefficient (Wildman–Crippen LogP) is 0.0127. The molecule has 1 amide bonds. The van der Waals surface area contributed by atoms with Crippen LogP contribution in [0.1, 0.15) is 18.1 Å². The number of hydrogen-bond donors (Lipinski definition) is 2. The molecule has 0 saturated carbocycles. The molecule has 0 bridgehead atoms. The monoisotopic (exact) mass is 253 g/mol.